The van der Waals surface area contributed by atoms with E-state index in [9.17, 15) is 9.59 Å². The number of ether oxygens (including phenoxy) is 2. The van der Waals surface area contributed by atoms with Crippen LogP contribution in [0.2, 0.25) is 0 Å². The minimum Gasteiger partial charge on any atom is -0.357 e. The smallest absolute Gasteiger partial charge is 0.255 e. The largest absolute Gasteiger partial charge is 0.357 e. The van der Waals surface area contributed by atoms with Gasteiger partial charge in [0, 0.05) is 13.6 Å². The molecule has 106 valence electrons. The molecule has 2 heterocycles. The molecule has 2 fully saturated rings. The molecule has 3 rings (SSSR count). The van der Waals surface area contributed by atoms with E-state index < -0.39 is 18.5 Å². The van der Waals surface area contributed by atoms with Crippen LogP contribution in [0.3, 0.4) is 0 Å². The molecule has 2 aliphatic rings. The summed E-state index contributed by atoms with van der Waals surface area (Å²) in [6.07, 6.45) is -2.21. The Labute approximate surface area is 116 Å². The molecule has 2 bridgehead atoms. The van der Waals surface area contributed by atoms with E-state index in [1.165, 1.54) is 7.05 Å². The van der Waals surface area contributed by atoms with Crippen LogP contribution in [0.1, 0.15) is 5.56 Å². The monoisotopic (exact) mass is 276 g/mol. The Kier molecular flexibility index (Phi) is 3.42. The van der Waals surface area contributed by atoms with Crippen LogP contribution < -0.4 is 5.32 Å². The highest BCUT2D eigenvalue weighted by Gasteiger charge is 2.50. The maximum atomic E-state index is 12.4. The third kappa shape index (κ3) is 2.28. The Morgan fingerprint density at radius 3 is 2.80 bits per heavy atom. The Morgan fingerprint density at radius 1 is 1.35 bits per heavy atom. The maximum absolute atomic E-state index is 12.4. The van der Waals surface area contributed by atoms with Gasteiger partial charge in [0.15, 0.2) is 18.5 Å². The van der Waals surface area contributed by atoms with Crippen LogP contribution in [0.25, 0.3) is 0 Å². The van der Waals surface area contributed by atoms with Crippen molar-refractivity contribution < 1.29 is 19.1 Å². The number of morpholine rings is 1. The number of rotatable bonds is 3. The average Bonchev–Trinajstić information content (AvgIpc) is 2.84. The first-order valence-electron chi connectivity index (χ1n) is 6.54. The first-order valence-corrected chi connectivity index (χ1v) is 6.54. The first kappa shape index (κ1) is 13.1. The lowest BCUT2D eigenvalue weighted by Crippen LogP contribution is -2.51. The molecule has 0 aromatic heterocycles. The second-order valence-electron chi connectivity index (χ2n) is 4.86. The highest BCUT2D eigenvalue weighted by atomic mass is 16.7. The quantitative estimate of drug-likeness (QED) is 0.836. The van der Waals surface area contributed by atoms with Gasteiger partial charge in [0.1, 0.15) is 0 Å². The second kappa shape index (κ2) is 5.22. The van der Waals surface area contributed by atoms with Crippen molar-refractivity contribution in [3.63, 3.8) is 0 Å². The number of hydrogen-bond donors (Lipinski definition) is 1. The average molecular weight is 276 g/mol. The van der Waals surface area contributed by atoms with E-state index in [2.05, 4.69) is 5.32 Å². The molecule has 2 amide bonds. The van der Waals surface area contributed by atoms with Gasteiger partial charge in [-0.05, 0) is 5.56 Å². The second-order valence-corrected chi connectivity index (χ2v) is 4.86. The molecule has 0 saturated carbocycles. The zero-order chi connectivity index (χ0) is 14.1. The van der Waals surface area contributed by atoms with Crippen LogP contribution in [0.15, 0.2) is 30.3 Å². The Morgan fingerprint density at radius 2 is 2.10 bits per heavy atom. The summed E-state index contributed by atoms with van der Waals surface area (Å²) >= 11 is 0. The summed E-state index contributed by atoms with van der Waals surface area (Å²) < 4.78 is 10.9. The Balaban J connectivity index is 1.74. The standard InChI is InChI=1S/C14H16N2O4/c1-15-13(17)11-12-14(18)16(8-10(19-11)20-12)7-9-5-3-2-4-6-9/h2-6,10-12H,7-8H2,1H3,(H,15,17)/t10-,11-,12-/m1/s1. The number of amides is 2. The normalized spacial score (nSPS) is 28.6. The molecule has 2 saturated heterocycles. The van der Waals surface area contributed by atoms with Gasteiger partial charge in [0.2, 0.25) is 0 Å². The van der Waals surface area contributed by atoms with Crippen molar-refractivity contribution in [2.45, 2.75) is 25.0 Å². The molecule has 20 heavy (non-hydrogen) atoms. The number of likely N-dealkylation sites (N-methyl/N-ethyl adjacent to an activating group) is 1. The van der Waals surface area contributed by atoms with Crippen molar-refractivity contribution in [3.05, 3.63) is 35.9 Å². The van der Waals surface area contributed by atoms with Gasteiger partial charge in [-0.2, -0.15) is 0 Å². The molecule has 1 aromatic rings. The number of carbonyl (C=O) groups is 2. The molecule has 3 atom stereocenters. The van der Waals surface area contributed by atoms with Crippen LogP contribution in [0, 0.1) is 0 Å². The number of carbonyl (C=O) groups excluding carboxylic acids is 2. The van der Waals surface area contributed by atoms with Gasteiger partial charge >= 0.3 is 0 Å². The van der Waals surface area contributed by atoms with Crippen LogP contribution in [-0.4, -0.2) is 48.8 Å². The summed E-state index contributed by atoms with van der Waals surface area (Å²) in [7, 11) is 1.51. The third-order valence-electron chi connectivity index (χ3n) is 3.52. The van der Waals surface area contributed by atoms with Crippen LogP contribution >= 0.6 is 0 Å². The van der Waals surface area contributed by atoms with E-state index in [1.807, 2.05) is 30.3 Å². The van der Waals surface area contributed by atoms with Crippen molar-refractivity contribution in [2.75, 3.05) is 13.6 Å². The molecule has 6 heteroatoms. The van der Waals surface area contributed by atoms with E-state index in [-0.39, 0.29) is 11.8 Å². The van der Waals surface area contributed by atoms with Crippen LogP contribution in [-0.2, 0) is 25.6 Å². The molecular weight excluding hydrogens is 260 g/mol. The molecule has 0 unspecified atom stereocenters. The summed E-state index contributed by atoms with van der Waals surface area (Å²) in [6.45, 7) is 0.845. The molecule has 6 nitrogen and oxygen atoms in total. The van der Waals surface area contributed by atoms with E-state index in [4.69, 9.17) is 9.47 Å². The first-order chi connectivity index (χ1) is 9.69. The van der Waals surface area contributed by atoms with Gasteiger partial charge in [-0.3, -0.25) is 9.59 Å². The van der Waals surface area contributed by atoms with Crippen molar-refractivity contribution in [1.29, 1.82) is 0 Å². The highest BCUT2D eigenvalue weighted by Crippen LogP contribution is 2.28. The van der Waals surface area contributed by atoms with Gasteiger partial charge < -0.3 is 19.7 Å². The van der Waals surface area contributed by atoms with E-state index in [0.717, 1.165) is 5.56 Å². The number of nitrogens with one attached hydrogen (secondary N) is 1. The Hall–Kier alpha value is -1.92. The minimum absolute atomic E-state index is 0.198. The zero-order valence-corrected chi connectivity index (χ0v) is 11.1. The fourth-order valence-electron chi connectivity index (χ4n) is 2.51. The molecule has 0 radical (unpaired) electrons. The highest BCUT2D eigenvalue weighted by molar-refractivity contribution is 5.92. The summed E-state index contributed by atoms with van der Waals surface area (Å²) in [6, 6.07) is 9.71. The van der Waals surface area contributed by atoms with Gasteiger partial charge in [-0.1, -0.05) is 30.3 Å². The van der Waals surface area contributed by atoms with Gasteiger partial charge in [0.25, 0.3) is 11.8 Å². The molecule has 0 spiro atoms. The number of benzene rings is 1. The number of nitrogens with zero attached hydrogens (tertiary/aromatic N) is 1. The Bertz CT molecular complexity index is 519. The minimum atomic E-state index is -0.849. The molecule has 0 aliphatic carbocycles. The summed E-state index contributed by atoms with van der Waals surface area (Å²) in [5, 5.41) is 2.49. The molecule has 1 N–H and O–H groups in total. The van der Waals surface area contributed by atoms with Gasteiger partial charge in [0.05, 0.1) is 6.54 Å². The summed E-state index contributed by atoms with van der Waals surface area (Å²) in [5.74, 6) is -0.524. The topological polar surface area (TPSA) is 67.9 Å². The molecular formula is C14H16N2O4. The summed E-state index contributed by atoms with van der Waals surface area (Å²) in [5.41, 5.74) is 1.04. The molecule has 2 aliphatic heterocycles. The number of fused-ring (bicyclic) bond motifs is 2. The summed E-state index contributed by atoms with van der Waals surface area (Å²) in [4.78, 5) is 25.7. The predicted octanol–water partition coefficient (Wildman–Crippen LogP) is -0.115. The predicted molar refractivity (Wildman–Crippen MR) is 69.5 cm³/mol. The fourth-order valence-corrected chi connectivity index (χ4v) is 2.51. The van der Waals surface area contributed by atoms with Gasteiger partial charge in [-0.15, -0.1) is 0 Å². The SMILES string of the molecule is CNC(=O)[C@@H]1O[C@H]2CN(Cc3ccccc3)C(=O)[C@@H]1O2. The molecule has 1 aromatic carbocycles. The fraction of sp³-hybridized carbons (Fsp3) is 0.429. The van der Waals surface area contributed by atoms with Gasteiger partial charge in [-0.25, -0.2) is 0 Å². The van der Waals surface area contributed by atoms with Crippen molar-refractivity contribution in [3.8, 4) is 0 Å². The van der Waals surface area contributed by atoms with Crippen molar-refractivity contribution in [2.24, 2.45) is 0 Å². The lowest BCUT2D eigenvalue weighted by Gasteiger charge is -2.30. The van der Waals surface area contributed by atoms with E-state index in [0.29, 0.717) is 13.1 Å². The van der Waals surface area contributed by atoms with Crippen LogP contribution in [0.5, 0.6) is 0 Å². The third-order valence-corrected chi connectivity index (χ3v) is 3.52. The zero-order valence-electron chi connectivity index (χ0n) is 11.1. The maximum Gasteiger partial charge on any atom is 0.255 e. The van der Waals surface area contributed by atoms with Crippen molar-refractivity contribution >= 4 is 11.8 Å². The van der Waals surface area contributed by atoms with Crippen LogP contribution in [0.4, 0.5) is 0 Å². The van der Waals surface area contributed by atoms with Crippen molar-refractivity contribution in [1.82, 2.24) is 10.2 Å². The lowest BCUT2D eigenvalue weighted by molar-refractivity contribution is -0.162. The lowest BCUT2D eigenvalue weighted by atomic mass is 10.1. The number of hydrogen-bond acceptors (Lipinski definition) is 4. The van der Waals surface area contributed by atoms with E-state index in [1.54, 1.807) is 4.90 Å². The van der Waals surface area contributed by atoms with E-state index >= 15 is 0 Å².